The molecule has 1 aromatic heterocycles. The lowest BCUT2D eigenvalue weighted by molar-refractivity contribution is 0.0750. The number of nitrogens with one attached hydrogen (secondary N) is 1. The van der Waals surface area contributed by atoms with Gasteiger partial charge < -0.3 is 4.90 Å². The van der Waals surface area contributed by atoms with Crippen molar-refractivity contribution >= 4 is 5.91 Å². The molecule has 0 aliphatic heterocycles. The van der Waals surface area contributed by atoms with Gasteiger partial charge in [-0.3, -0.25) is 9.89 Å². The second kappa shape index (κ2) is 6.18. The highest BCUT2D eigenvalue weighted by molar-refractivity contribution is 5.94. The van der Waals surface area contributed by atoms with Gasteiger partial charge in [0.1, 0.15) is 5.82 Å². The predicted octanol–water partition coefficient (Wildman–Crippen LogP) is 2.39. The zero-order valence-electron chi connectivity index (χ0n) is 11.9. The van der Waals surface area contributed by atoms with E-state index in [1.165, 1.54) is 23.2 Å². The van der Waals surface area contributed by atoms with Crippen LogP contribution in [0.1, 0.15) is 34.1 Å². The summed E-state index contributed by atoms with van der Waals surface area (Å²) in [6, 6.07) is 6.13. The molecule has 1 aromatic carbocycles. The van der Waals surface area contributed by atoms with Crippen LogP contribution in [0, 0.1) is 24.1 Å². The van der Waals surface area contributed by atoms with E-state index in [2.05, 4.69) is 10.2 Å². The van der Waals surface area contributed by atoms with Crippen LogP contribution < -0.4 is 0 Å². The summed E-state index contributed by atoms with van der Waals surface area (Å²) in [7, 11) is 0. The highest BCUT2D eigenvalue weighted by atomic mass is 19.1. The largest absolute Gasteiger partial charge is 0.334 e. The minimum Gasteiger partial charge on any atom is -0.334 e. The molecular formula is C15H15FN4O. The number of rotatable bonds is 4. The van der Waals surface area contributed by atoms with E-state index in [-0.39, 0.29) is 18.0 Å². The van der Waals surface area contributed by atoms with Gasteiger partial charge in [0.05, 0.1) is 23.4 Å². The van der Waals surface area contributed by atoms with Gasteiger partial charge in [-0.1, -0.05) is 6.07 Å². The molecule has 0 aliphatic carbocycles. The molecule has 0 aliphatic rings. The average molecular weight is 286 g/mol. The number of H-pyrrole nitrogens is 1. The van der Waals surface area contributed by atoms with Gasteiger partial charge in [0.2, 0.25) is 0 Å². The lowest BCUT2D eigenvalue weighted by Gasteiger charge is -2.21. The molecule has 108 valence electrons. The van der Waals surface area contributed by atoms with E-state index in [9.17, 15) is 9.18 Å². The van der Waals surface area contributed by atoms with Gasteiger partial charge in [-0.05, 0) is 26.0 Å². The highest BCUT2D eigenvalue weighted by Crippen LogP contribution is 2.15. The van der Waals surface area contributed by atoms with E-state index in [1.807, 2.05) is 13.0 Å². The molecule has 21 heavy (non-hydrogen) atoms. The normalized spacial score (nSPS) is 10.2. The molecule has 2 aromatic rings. The smallest absolute Gasteiger partial charge is 0.257 e. The summed E-state index contributed by atoms with van der Waals surface area (Å²) in [5.74, 6) is -0.684. The maximum atomic E-state index is 13.9. The summed E-state index contributed by atoms with van der Waals surface area (Å²) in [6.45, 7) is 4.19. The van der Waals surface area contributed by atoms with Crippen LogP contribution in [0.15, 0.2) is 24.4 Å². The van der Waals surface area contributed by atoms with Crippen LogP contribution in [0.5, 0.6) is 0 Å². The van der Waals surface area contributed by atoms with E-state index < -0.39 is 5.82 Å². The van der Waals surface area contributed by atoms with Crippen molar-refractivity contribution in [1.82, 2.24) is 15.1 Å². The molecule has 1 amide bonds. The second-order valence-corrected chi connectivity index (χ2v) is 4.65. The Kier molecular flexibility index (Phi) is 4.33. The summed E-state index contributed by atoms with van der Waals surface area (Å²) >= 11 is 0. The number of carbonyl (C=O) groups is 1. The van der Waals surface area contributed by atoms with Gasteiger partial charge >= 0.3 is 0 Å². The summed E-state index contributed by atoms with van der Waals surface area (Å²) in [5.41, 5.74) is 1.80. The Labute approximate surface area is 122 Å². The van der Waals surface area contributed by atoms with Crippen molar-refractivity contribution in [2.45, 2.75) is 20.4 Å². The van der Waals surface area contributed by atoms with Crippen LogP contribution in [0.2, 0.25) is 0 Å². The molecule has 1 heterocycles. The molecule has 5 nitrogen and oxygen atoms in total. The topological polar surface area (TPSA) is 72.8 Å². The first kappa shape index (κ1) is 14.7. The Morgan fingerprint density at radius 2 is 2.29 bits per heavy atom. The van der Waals surface area contributed by atoms with Crippen molar-refractivity contribution in [3.63, 3.8) is 0 Å². The van der Waals surface area contributed by atoms with Crippen molar-refractivity contribution in [1.29, 1.82) is 5.26 Å². The number of aromatic nitrogens is 2. The fourth-order valence-corrected chi connectivity index (χ4v) is 2.01. The first-order valence-electron chi connectivity index (χ1n) is 6.54. The third-order valence-electron chi connectivity index (χ3n) is 3.27. The number of aromatic amines is 1. The Balaban J connectivity index is 2.22. The second-order valence-electron chi connectivity index (χ2n) is 4.65. The molecule has 0 bridgehead atoms. The monoisotopic (exact) mass is 286 g/mol. The predicted molar refractivity (Wildman–Crippen MR) is 74.9 cm³/mol. The van der Waals surface area contributed by atoms with Crippen LogP contribution >= 0.6 is 0 Å². The van der Waals surface area contributed by atoms with Crippen molar-refractivity contribution in [2.75, 3.05) is 6.54 Å². The molecule has 0 saturated carbocycles. The van der Waals surface area contributed by atoms with E-state index >= 15 is 0 Å². The van der Waals surface area contributed by atoms with Crippen LogP contribution in [0.25, 0.3) is 0 Å². The number of aryl methyl sites for hydroxylation is 1. The third kappa shape index (κ3) is 3.08. The molecule has 0 radical (unpaired) electrons. The molecule has 0 fully saturated rings. The Morgan fingerprint density at radius 1 is 1.52 bits per heavy atom. The van der Waals surface area contributed by atoms with E-state index in [0.717, 1.165) is 0 Å². The Hall–Kier alpha value is -2.68. The van der Waals surface area contributed by atoms with E-state index in [4.69, 9.17) is 5.26 Å². The third-order valence-corrected chi connectivity index (χ3v) is 3.27. The first-order valence-corrected chi connectivity index (χ1v) is 6.54. The fourth-order valence-electron chi connectivity index (χ4n) is 2.01. The van der Waals surface area contributed by atoms with Gasteiger partial charge in [-0.2, -0.15) is 10.4 Å². The lowest BCUT2D eigenvalue weighted by atomic mass is 10.1. The molecule has 0 spiro atoms. The summed E-state index contributed by atoms with van der Waals surface area (Å²) in [5, 5.41) is 15.3. The van der Waals surface area contributed by atoms with Crippen molar-refractivity contribution in [2.24, 2.45) is 0 Å². The van der Waals surface area contributed by atoms with Gasteiger partial charge in [-0.15, -0.1) is 0 Å². The molecule has 0 unspecified atom stereocenters. The standard InChI is InChI=1S/C15H15FN4O/c1-3-20(15(21)13-8-18-19-10(13)2)9-12-5-4-11(7-17)6-14(12)16/h4-6,8H,3,9H2,1-2H3,(H,18,19). The zero-order valence-corrected chi connectivity index (χ0v) is 11.9. The fraction of sp³-hybridized carbons (Fsp3) is 0.267. The Morgan fingerprint density at radius 3 is 2.81 bits per heavy atom. The minimum absolute atomic E-state index is 0.150. The van der Waals surface area contributed by atoms with Crippen LogP contribution in [0.3, 0.4) is 0 Å². The number of halogens is 1. The van der Waals surface area contributed by atoms with Gasteiger partial charge in [-0.25, -0.2) is 4.39 Å². The number of benzene rings is 1. The number of carbonyl (C=O) groups excluding carboxylic acids is 1. The average Bonchev–Trinajstić information content (AvgIpc) is 2.91. The molecule has 0 saturated heterocycles. The first-order chi connectivity index (χ1) is 10.1. The molecule has 1 N–H and O–H groups in total. The van der Waals surface area contributed by atoms with Crippen LogP contribution in [-0.2, 0) is 6.54 Å². The van der Waals surface area contributed by atoms with Crippen molar-refractivity contribution in [3.8, 4) is 6.07 Å². The summed E-state index contributed by atoms with van der Waals surface area (Å²) in [6.07, 6.45) is 1.47. The molecule has 0 atom stereocenters. The number of hydrogen-bond acceptors (Lipinski definition) is 3. The number of nitriles is 1. The Bertz CT molecular complexity index is 702. The van der Waals surface area contributed by atoms with Crippen molar-refractivity contribution < 1.29 is 9.18 Å². The van der Waals surface area contributed by atoms with Crippen molar-refractivity contribution in [3.05, 3.63) is 52.6 Å². The minimum atomic E-state index is -0.482. The quantitative estimate of drug-likeness (QED) is 0.938. The molecule has 6 heteroatoms. The number of amides is 1. The summed E-state index contributed by atoms with van der Waals surface area (Å²) in [4.78, 5) is 13.9. The van der Waals surface area contributed by atoms with E-state index in [0.29, 0.717) is 23.4 Å². The van der Waals surface area contributed by atoms with Gasteiger partial charge in [0.25, 0.3) is 5.91 Å². The molecular weight excluding hydrogens is 271 g/mol. The van der Waals surface area contributed by atoms with Crippen LogP contribution in [0.4, 0.5) is 4.39 Å². The van der Waals surface area contributed by atoms with Gasteiger partial charge in [0, 0.05) is 24.3 Å². The number of nitrogens with zero attached hydrogens (tertiary/aromatic N) is 3. The SMILES string of the molecule is CCN(Cc1ccc(C#N)cc1F)C(=O)c1cn[nH]c1C. The lowest BCUT2D eigenvalue weighted by Crippen LogP contribution is -2.30. The van der Waals surface area contributed by atoms with Gasteiger partial charge in [0.15, 0.2) is 0 Å². The maximum absolute atomic E-state index is 13.9. The van der Waals surface area contributed by atoms with Crippen LogP contribution in [-0.4, -0.2) is 27.5 Å². The zero-order chi connectivity index (χ0) is 15.4. The summed E-state index contributed by atoms with van der Waals surface area (Å²) < 4.78 is 13.9. The maximum Gasteiger partial charge on any atom is 0.257 e. The highest BCUT2D eigenvalue weighted by Gasteiger charge is 2.19. The number of hydrogen-bond donors (Lipinski definition) is 1. The van der Waals surface area contributed by atoms with E-state index in [1.54, 1.807) is 13.0 Å². The molecule has 2 rings (SSSR count).